The van der Waals surface area contributed by atoms with Crippen molar-refractivity contribution in [3.63, 3.8) is 0 Å². The van der Waals surface area contributed by atoms with E-state index in [0.29, 0.717) is 11.3 Å². The van der Waals surface area contributed by atoms with Crippen LogP contribution in [0, 0.1) is 0 Å². The van der Waals surface area contributed by atoms with Crippen LogP contribution in [0.25, 0.3) is 0 Å². The third kappa shape index (κ3) is 4.54. The highest BCUT2D eigenvalue weighted by atomic mass is 35.7. The van der Waals surface area contributed by atoms with E-state index in [4.69, 9.17) is 20.2 Å². The second-order valence-electron chi connectivity index (χ2n) is 5.69. The number of methoxy groups -OCH3 is 2. The van der Waals surface area contributed by atoms with E-state index in [2.05, 4.69) is 0 Å². The summed E-state index contributed by atoms with van der Waals surface area (Å²) in [4.78, 5) is 14.1. The molecule has 0 spiro atoms. The Hall–Kier alpha value is -1.47. The molecule has 1 aliphatic rings. The van der Waals surface area contributed by atoms with Crippen LogP contribution in [-0.2, 0) is 20.3 Å². The van der Waals surface area contributed by atoms with Crippen LogP contribution in [0.4, 0.5) is 0 Å². The summed E-state index contributed by atoms with van der Waals surface area (Å²) in [6.45, 7) is 1.54. The number of piperidine rings is 1. The number of carbonyl (C=O) groups excluding carboxylic acids is 1. The molecule has 0 saturated carbocycles. The number of aryl methyl sites for hydroxylation is 1. The Morgan fingerprint density at radius 1 is 1.12 bits per heavy atom. The van der Waals surface area contributed by atoms with Crippen molar-refractivity contribution < 1.29 is 22.7 Å². The molecule has 1 aromatic carbocycles. The van der Waals surface area contributed by atoms with Gasteiger partial charge in [0.1, 0.15) is 0 Å². The lowest BCUT2D eigenvalue weighted by molar-refractivity contribution is -0.132. The topological polar surface area (TPSA) is 72.9 Å². The average Bonchev–Trinajstić information content (AvgIpc) is 2.58. The number of hydrogen-bond donors (Lipinski definition) is 0. The van der Waals surface area contributed by atoms with E-state index in [1.165, 1.54) is 20.3 Å². The van der Waals surface area contributed by atoms with Crippen LogP contribution in [0.15, 0.2) is 17.0 Å². The van der Waals surface area contributed by atoms with Crippen molar-refractivity contribution in [2.24, 2.45) is 0 Å². The van der Waals surface area contributed by atoms with E-state index in [1.54, 1.807) is 6.07 Å². The zero-order chi connectivity index (χ0) is 17.7. The highest BCUT2D eigenvalue weighted by Gasteiger charge is 2.22. The van der Waals surface area contributed by atoms with Gasteiger partial charge < -0.3 is 14.4 Å². The van der Waals surface area contributed by atoms with Crippen molar-refractivity contribution in [2.45, 2.75) is 37.0 Å². The van der Waals surface area contributed by atoms with Crippen LogP contribution in [0.2, 0.25) is 0 Å². The molecule has 1 aliphatic heterocycles. The van der Waals surface area contributed by atoms with Crippen molar-refractivity contribution in [1.82, 2.24) is 4.90 Å². The summed E-state index contributed by atoms with van der Waals surface area (Å²) in [5.74, 6) is 0.715. The Morgan fingerprint density at radius 2 is 1.71 bits per heavy atom. The van der Waals surface area contributed by atoms with E-state index in [9.17, 15) is 13.2 Å². The number of nitrogens with zero attached hydrogens (tertiary/aromatic N) is 1. The molecule has 2 rings (SSSR count). The Bertz CT molecular complexity index is 699. The zero-order valence-electron chi connectivity index (χ0n) is 13.9. The fourth-order valence-electron chi connectivity index (χ4n) is 2.87. The highest BCUT2D eigenvalue weighted by Crippen LogP contribution is 2.34. The molecule has 0 aromatic heterocycles. The summed E-state index contributed by atoms with van der Waals surface area (Å²) in [7, 11) is 4.47. The van der Waals surface area contributed by atoms with Crippen LogP contribution in [-0.4, -0.2) is 46.5 Å². The number of likely N-dealkylation sites (tertiary alicyclic amines) is 1. The number of amides is 1. The third-order valence-electron chi connectivity index (χ3n) is 4.15. The number of halogens is 1. The molecule has 1 heterocycles. The van der Waals surface area contributed by atoms with Gasteiger partial charge in [-0.1, -0.05) is 0 Å². The Balaban J connectivity index is 2.22. The summed E-state index contributed by atoms with van der Waals surface area (Å²) in [5, 5.41) is 0. The molecule has 8 heteroatoms. The van der Waals surface area contributed by atoms with Crippen LogP contribution in [0.1, 0.15) is 31.2 Å². The molecular formula is C16H22ClNO5S. The predicted molar refractivity (Wildman–Crippen MR) is 91.3 cm³/mol. The van der Waals surface area contributed by atoms with Gasteiger partial charge in [0.25, 0.3) is 9.05 Å². The number of hydrogen-bond acceptors (Lipinski definition) is 5. The first-order valence-electron chi connectivity index (χ1n) is 7.84. The standard InChI is InChI=1S/C16H22ClNO5S/c1-22-13-10-12(15(24(17,20)21)11-14(13)23-2)6-7-16(19)18-8-4-3-5-9-18/h10-11H,3-9H2,1-2H3. The molecule has 6 nitrogen and oxygen atoms in total. The normalized spacial score (nSPS) is 15.2. The van der Waals surface area contributed by atoms with E-state index in [0.717, 1.165) is 32.4 Å². The molecule has 1 aromatic rings. The minimum atomic E-state index is -3.95. The van der Waals surface area contributed by atoms with Crippen LogP contribution in [0.3, 0.4) is 0 Å². The number of benzene rings is 1. The molecule has 0 atom stereocenters. The summed E-state index contributed by atoms with van der Waals surface area (Å²) in [6, 6.07) is 2.90. The first-order chi connectivity index (χ1) is 11.4. The smallest absolute Gasteiger partial charge is 0.261 e. The molecule has 0 aliphatic carbocycles. The van der Waals surface area contributed by atoms with Crippen molar-refractivity contribution >= 4 is 25.6 Å². The molecule has 24 heavy (non-hydrogen) atoms. The van der Waals surface area contributed by atoms with Gasteiger partial charge in [-0.15, -0.1) is 0 Å². The summed E-state index contributed by atoms with van der Waals surface area (Å²) in [6.07, 6.45) is 3.69. The number of carbonyl (C=O) groups is 1. The van der Waals surface area contributed by atoms with Gasteiger partial charge in [-0.25, -0.2) is 8.42 Å². The average molecular weight is 376 g/mol. The van der Waals surface area contributed by atoms with E-state index >= 15 is 0 Å². The van der Waals surface area contributed by atoms with Crippen molar-refractivity contribution in [3.8, 4) is 11.5 Å². The van der Waals surface area contributed by atoms with Gasteiger partial charge >= 0.3 is 0 Å². The molecule has 1 saturated heterocycles. The quantitative estimate of drug-likeness (QED) is 0.714. The van der Waals surface area contributed by atoms with Crippen LogP contribution >= 0.6 is 10.7 Å². The second kappa shape index (κ2) is 8.07. The molecule has 0 unspecified atom stereocenters. The molecular weight excluding hydrogens is 354 g/mol. The molecule has 0 radical (unpaired) electrons. The maximum atomic E-state index is 12.3. The molecule has 0 N–H and O–H groups in total. The fraction of sp³-hybridized carbons (Fsp3) is 0.562. The summed E-state index contributed by atoms with van der Waals surface area (Å²) < 4.78 is 34.0. The zero-order valence-corrected chi connectivity index (χ0v) is 15.5. The predicted octanol–water partition coefficient (Wildman–Crippen LogP) is 2.58. The molecule has 1 amide bonds. The Kier molecular flexibility index (Phi) is 6.34. The third-order valence-corrected chi connectivity index (χ3v) is 5.55. The van der Waals surface area contributed by atoms with Gasteiger partial charge in [0.15, 0.2) is 11.5 Å². The van der Waals surface area contributed by atoms with Gasteiger partial charge in [0.05, 0.1) is 19.1 Å². The summed E-state index contributed by atoms with van der Waals surface area (Å²) >= 11 is 0. The molecule has 134 valence electrons. The van der Waals surface area contributed by atoms with Crippen molar-refractivity contribution in [2.75, 3.05) is 27.3 Å². The Labute approximate surface area is 147 Å². The minimum Gasteiger partial charge on any atom is -0.493 e. The van der Waals surface area contributed by atoms with Gasteiger partial charge in [0.2, 0.25) is 5.91 Å². The lowest BCUT2D eigenvalue weighted by Crippen LogP contribution is -2.35. The van der Waals surface area contributed by atoms with Gasteiger partial charge in [0, 0.05) is 36.3 Å². The lowest BCUT2D eigenvalue weighted by atomic mass is 10.1. The lowest BCUT2D eigenvalue weighted by Gasteiger charge is -2.26. The van der Waals surface area contributed by atoms with E-state index in [-0.39, 0.29) is 29.4 Å². The maximum Gasteiger partial charge on any atom is 0.261 e. The number of rotatable bonds is 6. The Morgan fingerprint density at radius 3 is 2.25 bits per heavy atom. The first kappa shape index (κ1) is 18.9. The minimum absolute atomic E-state index is 0.0300. The van der Waals surface area contributed by atoms with Crippen LogP contribution in [0.5, 0.6) is 11.5 Å². The van der Waals surface area contributed by atoms with Gasteiger partial charge in [-0.3, -0.25) is 4.79 Å². The highest BCUT2D eigenvalue weighted by molar-refractivity contribution is 8.13. The van der Waals surface area contributed by atoms with Gasteiger partial charge in [-0.2, -0.15) is 0 Å². The number of ether oxygens (including phenoxy) is 2. The molecule has 1 fully saturated rings. The SMILES string of the molecule is COc1cc(CCC(=O)N2CCCCC2)c(S(=O)(=O)Cl)cc1OC. The summed E-state index contributed by atoms with van der Waals surface area (Å²) in [5.41, 5.74) is 0.452. The first-order valence-corrected chi connectivity index (χ1v) is 10.1. The fourth-order valence-corrected chi connectivity index (χ4v) is 4.02. The molecule has 0 bridgehead atoms. The van der Waals surface area contributed by atoms with E-state index < -0.39 is 9.05 Å². The van der Waals surface area contributed by atoms with Crippen LogP contribution < -0.4 is 9.47 Å². The largest absolute Gasteiger partial charge is 0.493 e. The van der Waals surface area contributed by atoms with E-state index in [1.807, 2.05) is 4.90 Å². The maximum absolute atomic E-state index is 12.3. The second-order valence-corrected chi connectivity index (χ2v) is 8.23. The van der Waals surface area contributed by atoms with Gasteiger partial charge in [-0.05, 0) is 37.3 Å². The van der Waals surface area contributed by atoms with Crippen molar-refractivity contribution in [1.29, 1.82) is 0 Å². The monoisotopic (exact) mass is 375 g/mol. The van der Waals surface area contributed by atoms with Crippen molar-refractivity contribution in [3.05, 3.63) is 17.7 Å².